The van der Waals surface area contributed by atoms with Gasteiger partial charge in [-0.3, -0.25) is 9.52 Å². The first-order chi connectivity index (χ1) is 17.8. The van der Waals surface area contributed by atoms with Crippen molar-refractivity contribution in [3.8, 4) is 0 Å². The van der Waals surface area contributed by atoms with Crippen LogP contribution in [0.2, 0.25) is 5.02 Å². The van der Waals surface area contributed by atoms with Crippen LogP contribution in [0, 0.1) is 0 Å². The van der Waals surface area contributed by atoms with Gasteiger partial charge in [0.25, 0.3) is 10.0 Å². The van der Waals surface area contributed by atoms with E-state index in [9.17, 15) is 13.2 Å². The number of piperazine rings is 1. The quantitative estimate of drug-likeness (QED) is 0.449. The van der Waals surface area contributed by atoms with Gasteiger partial charge in [0.1, 0.15) is 12.1 Å². The van der Waals surface area contributed by atoms with E-state index < -0.39 is 10.0 Å². The van der Waals surface area contributed by atoms with E-state index in [0.717, 1.165) is 22.7 Å². The summed E-state index contributed by atoms with van der Waals surface area (Å²) in [7, 11) is -3.75. The normalized spacial score (nSPS) is 19.1. The molecule has 3 aromatic rings. The molecule has 196 valence electrons. The lowest BCUT2D eigenvalue weighted by Crippen LogP contribution is -2.54. The zero-order chi connectivity index (χ0) is 26.0. The second kappa shape index (κ2) is 10.5. The number of rotatable bonds is 7. The van der Waals surface area contributed by atoms with E-state index in [1.807, 2.05) is 17.0 Å². The van der Waals surface area contributed by atoms with Crippen molar-refractivity contribution in [2.45, 2.75) is 36.6 Å². The molecule has 1 aromatic heterocycles. The van der Waals surface area contributed by atoms with E-state index in [4.69, 9.17) is 11.6 Å². The zero-order valence-electron chi connectivity index (χ0n) is 20.4. The Hall–Kier alpha value is -3.43. The molecular formula is C27H32ClN5O3S. The van der Waals surface area contributed by atoms with Crippen LogP contribution in [0.4, 0.5) is 11.5 Å². The molecule has 2 heterocycles. The number of fused-ring (bicyclic) bond motifs is 1. The Kier molecular flexibility index (Phi) is 7.17. The van der Waals surface area contributed by atoms with E-state index in [1.54, 1.807) is 24.3 Å². The number of nitrogens with one attached hydrogen (secondary N) is 1. The van der Waals surface area contributed by atoms with Crippen molar-refractivity contribution in [3.05, 3.63) is 83.3 Å². The Morgan fingerprint density at radius 3 is 2.70 bits per heavy atom. The molecular weight excluding hydrogens is 510 g/mol. The van der Waals surface area contributed by atoms with E-state index in [2.05, 4.69) is 44.7 Å². The SMILES string of the molecule is C[C@H]1CN(c2ccc(S(=O)(=O)Nc3ccncn3)cc2)CCN1C(=O)CCC1C=Cc2cc(Cl)ccc21.[HH].[HH]. The highest BCUT2D eigenvalue weighted by Gasteiger charge is 2.28. The first-order valence-corrected chi connectivity index (χ1v) is 14.1. The smallest absolute Gasteiger partial charge is 0.263 e. The highest BCUT2D eigenvalue weighted by molar-refractivity contribution is 7.92. The molecule has 37 heavy (non-hydrogen) atoms. The molecule has 5 rings (SSSR count). The van der Waals surface area contributed by atoms with Gasteiger partial charge in [-0.05, 0) is 66.9 Å². The molecule has 2 atom stereocenters. The van der Waals surface area contributed by atoms with Crippen molar-refractivity contribution in [1.82, 2.24) is 14.9 Å². The Bertz CT molecular complexity index is 1430. The summed E-state index contributed by atoms with van der Waals surface area (Å²) >= 11 is 6.10. The third kappa shape index (κ3) is 5.62. The lowest BCUT2D eigenvalue weighted by Gasteiger charge is -2.41. The number of carbonyl (C=O) groups excluding carboxylic acids is 1. The molecule has 1 unspecified atom stereocenters. The van der Waals surface area contributed by atoms with Gasteiger partial charge in [-0.25, -0.2) is 18.4 Å². The minimum atomic E-state index is -3.75. The van der Waals surface area contributed by atoms with Crippen LogP contribution in [0.25, 0.3) is 6.08 Å². The van der Waals surface area contributed by atoms with E-state index in [1.165, 1.54) is 24.2 Å². The Morgan fingerprint density at radius 1 is 1.16 bits per heavy atom. The minimum absolute atomic E-state index is 0. The number of benzene rings is 2. The molecule has 10 heteroatoms. The van der Waals surface area contributed by atoms with Crippen LogP contribution in [0.15, 0.2) is 72.0 Å². The van der Waals surface area contributed by atoms with Gasteiger partial charge < -0.3 is 9.80 Å². The van der Waals surface area contributed by atoms with Crippen molar-refractivity contribution in [2.24, 2.45) is 0 Å². The van der Waals surface area contributed by atoms with Gasteiger partial charge in [-0.15, -0.1) is 0 Å². The first-order valence-electron chi connectivity index (χ1n) is 12.2. The van der Waals surface area contributed by atoms with Crippen LogP contribution in [0.5, 0.6) is 0 Å². The highest BCUT2D eigenvalue weighted by atomic mass is 35.5. The molecule has 1 N–H and O–H groups in total. The molecule has 1 amide bonds. The maximum absolute atomic E-state index is 13.1. The third-order valence-electron chi connectivity index (χ3n) is 6.91. The molecule has 0 saturated carbocycles. The zero-order valence-corrected chi connectivity index (χ0v) is 22.0. The average Bonchev–Trinajstić information content (AvgIpc) is 3.29. The molecule has 1 fully saturated rings. The number of halogens is 1. The second-order valence-corrected chi connectivity index (χ2v) is 11.5. The van der Waals surface area contributed by atoms with Gasteiger partial charge in [-0.2, -0.15) is 0 Å². The van der Waals surface area contributed by atoms with Gasteiger partial charge in [0.05, 0.1) is 4.90 Å². The molecule has 1 aliphatic carbocycles. The minimum Gasteiger partial charge on any atom is -0.368 e. The molecule has 8 nitrogen and oxygen atoms in total. The fourth-order valence-electron chi connectivity index (χ4n) is 4.97. The fourth-order valence-corrected chi connectivity index (χ4v) is 6.16. The number of anilines is 2. The van der Waals surface area contributed by atoms with Crippen LogP contribution in [-0.4, -0.2) is 54.9 Å². The summed E-state index contributed by atoms with van der Waals surface area (Å²) < 4.78 is 27.8. The summed E-state index contributed by atoms with van der Waals surface area (Å²) in [5.74, 6) is 0.623. The predicted octanol–water partition coefficient (Wildman–Crippen LogP) is 5.05. The lowest BCUT2D eigenvalue weighted by molar-refractivity contribution is -0.133. The predicted molar refractivity (Wildman–Crippen MR) is 149 cm³/mol. The maximum Gasteiger partial charge on any atom is 0.263 e. The number of aromatic nitrogens is 2. The summed E-state index contributed by atoms with van der Waals surface area (Å²) in [6.45, 7) is 4.05. The fraction of sp³-hybridized carbons (Fsp3) is 0.296. The Morgan fingerprint density at radius 2 is 1.97 bits per heavy atom. The van der Waals surface area contributed by atoms with Gasteiger partial charge in [-0.1, -0.05) is 29.8 Å². The average molecular weight is 542 g/mol. The van der Waals surface area contributed by atoms with Gasteiger partial charge >= 0.3 is 0 Å². The number of hydrogen-bond donors (Lipinski definition) is 1. The Balaban J connectivity index is 0.00000210. The number of allylic oxidation sites excluding steroid dienone is 1. The van der Waals surface area contributed by atoms with E-state index in [0.29, 0.717) is 26.1 Å². The van der Waals surface area contributed by atoms with Crippen molar-refractivity contribution in [3.63, 3.8) is 0 Å². The summed E-state index contributed by atoms with van der Waals surface area (Å²) in [5.41, 5.74) is 3.29. The molecule has 1 aliphatic heterocycles. The molecule has 0 bridgehead atoms. The molecule has 0 radical (unpaired) electrons. The Labute approximate surface area is 225 Å². The molecule has 0 spiro atoms. The number of carbonyl (C=O) groups is 1. The van der Waals surface area contributed by atoms with Crippen molar-refractivity contribution in [1.29, 1.82) is 0 Å². The number of hydrogen-bond acceptors (Lipinski definition) is 6. The van der Waals surface area contributed by atoms with Crippen LogP contribution in [0.3, 0.4) is 0 Å². The maximum atomic E-state index is 13.1. The molecule has 2 aliphatic rings. The number of nitrogens with zero attached hydrogens (tertiary/aromatic N) is 4. The highest BCUT2D eigenvalue weighted by Crippen LogP contribution is 2.35. The lowest BCUT2D eigenvalue weighted by atomic mass is 9.95. The van der Waals surface area contributed by atoms with Crippen LogP contribution in [-0.2, 0) is 14.8 Å². The van der Waals surface area contributed by atoms with Crippen LogP contribution >= 0.6 is 11.6 Å². The van der Waals surface area contributed by atoms with Crippen LogP contribution in [0.1, 0.15) is 39.7 Å². The summed E-state index contributed by atoms with van der Waals surface area (Å²) in [6.07, 6.45) is 8.26. The third-order valence-corrected chi connectivity index (χ3v) is 8.51. The van der Waals surface area contributed by atoms with Gasteiger partial charge in [0.2, 0.25) is 5.91 Å². The summed E-state index contributed by atoms with van der Waals surface area (Å²) in [6, 6.07) is 14.2. The monoisotopic (exact) mass is 541 g/mol. The van der Waals surface area contributed by atoms with E-state index >= 15 is 0 Å². The van der Waals surface area contributed by atoms with Crippen molar-refractivity contribution in [2.75, 3.05) is 29.3 Å². The molecule has 1 saturated heterocycles. The summed E-state index contributed by atoms with van der Waals surface area (Å²) in [4.78, 5) is 25.1. The van der Waals surface area contributed by atoms with Crippen LogP contribution < -0.4 is 9.62 Å². The summed E-state index contributed by atoms with van der Waals surface area (Å²) in [5, 5.41) is 0.724. The second-order valence-electron chi connectivity index (χ2n) is 9.35. The first kappa shape index (κ1) is 25.2. The molecule has 2 aromatic carbocycles. The van der Waals surface area contributed by atoms with Crippen molar-refractivity contribution < 1.29 is 16.1 Å². The largest absolute Gasteiger partial charge is 0.368 e. The van der Waals surface area contributed by atoms with Gasteiger partial charge in [0, 0.05) is 57.8 Å². The van der Waals surface area contributed by atoms with E-state index in [-0.39, 0.29) is 31.4 Å². The number of sulfonamides is 1. The topological polar surface area (TPSA) is 95.5 Å². The van der Waals surface area contributed by atoms with Crippen molar-refractivity contribution >= 4 is 45.1 Å². The van der Waals surface area contributed by atoms with Gasteiger partial charge in [0.15, 0.2) is 0 Å². The number of amides is 1. The standard InChI is InChI=1S/C27H28ClN5O3S.2H2/c1-19-17-32(23-6-8-24(9-7-23)37(35,36)31-26-12-13-29-18-30-26)14-15-33(19)27(34)11-4-20-2-3-21-16-22(28)5-10-25(20)21;;/h2-3,5-10,12-13,16,18-20H,4,11,14-15,17H2,1H3,(H,29,30,31);2*1H/t19-,20?;;/m0../s1.